The second kappa shape index (κ2) is 16.0. The number of esters is 1. The molecule has 0 saturated carbocycles. The fraction of sp³-hybridized carbons (Fsp3) is 0.439. The van der Waals surface area contributed by atoms with E-state index in [1.165, 1.54) is 0 Å². The molecule has 0 bridgehead atoms. The van der Waals surface area contributed by atoms with E-state index in [0.717, 1.165) is 49.8 Å². The van der Waals surface area contributed by atoms with Crippen molar-refractivity contribution in [3.05, 3.63) is 83.3 Å². The minimum absolute atomic E-state index is 0.120. The van der Waals surface area contributed by atoms with Crippen molar-refractivity contribution in [1.82, 2.24) is 19.2 Å². The number of ether oxygens (including phenoxy) is 3. The highest BCUT2D eigenvalue weighted by Gasteiger charge is 2.29. The highest BCUT2D eigenvalue weighted by molar-refractivity contribution is 6.05. The zero-order valence-corrected chi connectivity index (χ0v) is 31.3. The Kier molecular flexibility index (Phi) is 11.8. The number of benzene rings is 3. The van der Waals surface area contributed by atoms with E-state index in [1.54, 1.807) is 11.9 Å². The molecule has 0 saturated heterocycles. The number of aliphatic hydroxyl groups is 1. The molecule has 0 fully saturated rings. The van der Waals surface area contributed by atoms with Crippen LogP contribution in [0.2, 0.25) is 0 Å². The SMILES string of the molecule is CCOC(=O)c1c(CCCOc2cccc3ccccc23)c2cccc(-c3c(CO)nn(C)c3C(C)C)c2n1CCCN(C)C(=O)OC(C)(C)C. The number of aliphatic hydroxyl groups excluding tert-OH is 1. The third-order valence-electron chi connectivity index (χ3n) is 8.94. The van der Waals surface area contributed by atoms with Crippen LogP contribution in [0.1, 0.15) is 87.7 Å². The molecular weight excluding hydrogens is 644 g/mol. The van der Waals surface area contributed by atoms with Crippen molar-refractivity contribution in [3.8, 4) is 16.9 Å². The van der Waals surface area contributed by atoms with E-state index in [-0.39, 0.29) is 19.1 Å². The van der Waals surface area contributed by atoms with Crippen LogP contribution in [-0.4, -0.2) is 68.8 Å². The third kappa shape index (κ3) is 8.22. The molecule has 51 heavy (non-hydrogen) atoms. The zero-order valence-electron chi connectivity index (χ0n) is 31.3. The molecule has 10 nitrogen and oxygen atoms in total. The van der Waals surface area contributed by atoms with E-state index in [4.69, 9.17) is 19.3 Å². The van der Waals surface area contributed by atoms with Crippen LogP contribution in [0.15, 0.2) is 60.7 Å². The van der Waals surface area contributed by atoms with Gasteiger partial charge in [-0.1, -0.05) is 68.4 Å². The number of amides is 1. The van der Waals surface area contributed by atoms with E-state index >= 15 is 0 Å². The van der Waals surface area contributed by atoms with Crippen LogP contribution in [0.4, 0.5) is 4.79 Å². The van der Waals surface area contributed by atoms with Crippen molar-refractivity contribution in [2.24, 2.45) is 7.05 Å². The van der Waals surface area contributed by atoms with Gasteiger partial charge in [0.15, 0.2) is 0 Å². The van der Waals surface area contributed by atoms with E-state index < -0.39 is 17.7 Å². The molecule has 272 valence electrons. The van der Waals surface area contributed by atoms with Crippen molar-refractivity contribution in [1.29, 1.82) is 0 Å². The van der Waals surface area contributed by atoms with Crippen molar-refractivity contribution in [2.45, 2.75) is 85.5 Å². The molecular formula is C41H52N4O6. The molecule has 2 heterocycles. The Morgan fingerprint density at radius 1 is 0.980 bits per heavy atom. The molecule has 5 rings (SSSR count). The number of aromatic nitrogens is 3. The number of nitrogens with zero attached hydrogens (tertiary/aromatic N) is 4. The number of carbonyl (C=O) groups is 2. The molecule has 2 aromatic heterocycles. The summed E-state index contributed by atoms with van der Waals surface area (Å²) in [5.74, 6) is 0.545. The first-order valence-electron chi connectivity index (χ1n) is 17.9. The summed E-state index contributed by atoms with van der Waals surface area (Å²) in [4.78, 5) is 28.3. The molecule has 1 N–H and O–H groups in total. The van der Waals surface area contributed by atoms with Gasteiger partial charge >= 0.3 is 12.1 Å². The summed E-state index contributed by atoms with van der Waals surface area (Å²) in [6.45, 7) is 12.9. The Morgan fingerprint density at radius 2 is 1.69 bits per heavy atom. The molecule has 10 heteroatoms. The predicted molar refractivity (Wildman–Crippen MR) is 201 cm³/mol. The van der Waals surface area contributed by atoms with Gasteiger partial charge in [0.2, 0.25) is 0 Å². The minimum Gasteiger partial charge on any atom is -0.493 e. The van der Waals surface area contributed by atoms with Gasteiger partial charge in [-0.3, -0.25) is 4.68 Å². The average molecular weight is 697 g/mol. The molecule has 0 aliphatic heterocycles. The summed E-state index contributed by atoms with van der Waals surface area (Å²) in [6.07, 6.45) is 1.39. The summed E-state index contributed by atoms with van der Waals surface area (Å²) in [7, 11) is 3.62. The number of aryl methyl sites for hydroxylation is 3. The van der Waals surface area contributed by atoms with Crippen LogP contribution < -0.4 is 4.74 Å². The van der Waals surface area contributed by atoms with Crippen LogP contribution in [0.5, 0.6) is 5.75 Å². The lowest BCUT2D eigenvalue weighted by molar-refractivity contribution is 0.0294. The fourth-order valence-corrected chi connectivity index (χ4v) is 6.90. The normalized spacial score (nSPS) is 11.8. The Bertz CT molecular complexity index is 2000. The summed E-state index contributed by atoms with van der Waals surface area (Å²) in [5.41, 5.74) is 4.96. The standard InChI is InChI=1S/C41H52N4O6/c1-9-49-39(47)38-31(21-14-25-50-34-22-12-17-28-16-10-11-18-29(28)34)30-19-13-20-32(35-33(26-46)42-44(8)36(35)27(2)3)37(30)45(38)24-15-23-43(7)40(48)51-41(4,5)6/h10-13,16-20,22,27,46H,9,14-15,21,23-26H2,1-8H3. The minimum atomic E-state index is -0.609. The fourth-order valence-electron chi connectivity index (χ4n) is 6.90. The van der Waals surface area contributed by atoms with Crippen molar-refractivity contribution < 1.29 is 28.9 Å². The second-order valence-electron chi connectivity index (χ2n) is 14.2. The maximum atomic E-state index is 14.0. The second-order valence-corrected chi connectivity index (χ2v) is 14.2. The lowest BCUT2D eigenvalue weighted by Gasteiger charge is -2.25. The van der Waals surface area contributed by atoms with E-state index in [1.807, 2.05) is 80.4 Å². The summed E-state index contributed by atoms with van der Waals surface area (Å²) in [5, 5.41) is 18.3. The number of fused-ring (bicyclic) bond motifs is 2. The lowest BCUT2D eigenvalue weighted by atomic mass is 9.94. The van der Waals surface area contributed by atoms with Crippen LogP contribution in [0.25, 0.3) is 32.8 Å². The van der Waals surface area contributed by atoms with Crippen LogP contribution in [-0.2, 0) is 36.1 Å². The van der Waals surface area contributed by atoms with Crippen molar-refractivity contribution in [3.63, 3.8) is 0 Å². The third-order valence-corrected chi connectivity index (χ3v) is 8.94. The molecule has 0 aliphatic carbocycles. The zero-order chi connectivity index (χ0) is 36.9. The Labute approximate surface area is 300 Å². The maximum Gasteiger partial charge on any atom is 0.410 e. The van der Waals surface area contributed by atoms with E-state index in [2.05, 4.69) is 38.1 Å². The molecule has 0 atom stereocenters. The monoisotopic (exact) mass is 696 g/mol. The van der Waals surface area contributed by atoms with Gasteiger partial charge in [0.05, 0.1) is 31.0 Å². The van der Waals surface area contributed by atoms with Gasteiger partial charge in [-0.05, 0) is 69.9 Å². The molecule has 1 amide bonds. The van der Waals surface area contributed by atoms with Gasteiger partial charge in [-0.25, -0.2) is 9.59 Å². The predicted octanol–water partition coefficient (Wildman–Crippen LogP) is 8.26. The molecule has 0 spiro atoms. The Morgan fingerprint density at radius 3 is 2.39 bits per heavy atom. The molecule has 3 aromatic carbocycles. The number of hydrogen-bond acceptors (Lipinski definition) is 7. The number of hydrogen-bond donors (Lipinski definition) is 1. The first-order chi connectivity index (χ1) is 24.4. The summed E-state index contributed by atoms with van der Waals surface area (Å²) < 4.78 is 21.5. The quantitative estimate of drug-likeness (QED) is 0.0920. The molecule has 5 aromatic rings. The molecule has 0 radical (unpaired) electrons. The van der Waals surface area contributed by atoms with Gasteiger partial charge in [-0.15, -0.1) is 0 Å². The number of rotatable bonds is 14. The smallest absolute Gasteiger partial charge is 0.410 e. The van der Waals surface area contributed by atoms with Crippen molar-refractivity contribution >= 4 is 33.7 Å². The first kappa shape index (κ1) is 37.4. The van der Waals surface area contributed by atoms with Crippen LogP contribution >= 0.6 is 0 Å². The topological polar surface area (TPSA) is 108 Å². The Balaban J connectivity index is 1.58. The van der Waals surface area contributed by atoms with Crippen molar-refractivity contribution in [2.75, 3.05) is 26.8 Å². The summed E-state index contributed by atoms with van der Waals surface area (Å²) in [6, 6.07) is 20.3. The highest BCUT2D eigenvalue weighted by Crippen LogP contribution is 2.40. The highest BCUT2D eigenvalue weighted by atomic mass is 16.6. The largest absolute Gasteiger partial charge is 0.493 e. The lowest BCUT2D eigenvalue weighted by Crippen LogP contribution is -2.35. The summed E-state index contributed by atoms with van der Waals surface area (Å²) >= 11 is 0. The van der Waals surface area contributed by atoms with Gasteiger partial charge < -0.3 is 28.8 Å². The molecule has 0 unspecified atom stereocenters. The van der Waals surface area contributed by atoms with Gasteiger partial charge in [-0.2, -0.15) is 5.10 Å². The molecule has 0 aliphatic rings. The number of para-hydroxylation sites is 1. The average Bonchev–Trinajstić information content (AvgIpc) is 3.60. The van der Waals surface area contributed by atoms with Gasteiger partial charge in [0.25, 0.3) is 0 Å². The number of carbonyl (C=O) groups excluding carboxylic acids is 2. The first-order valence-corrected chi connectivity index (χ1v) is 17.9. The van der Waals surface area contributed by atoms with Crippen LogP contribution in [0.3, 0.4) is 0 Å². The van der Waals surface area contributed by atoms with Gasteiger partial charge in [0.1, 0.15) is 17.0 Å². The maximum absolute atomic E-state index is 14.0. The van der Waals surface area contributed by atoms with E-state index in [0.29, 0.717) is 50.3 Å². The van der Waals surface area contributed by atoms with Gasteiger partial charge in [0, 0.05) is 54.8 Å². The van der Waals surface area contributed by atoms with E-state index in [9.17, 15) is 14.7 Å². The Hall–Kier alpha value is -4.83. The van der Waals surface area contributed by atoms with Crippen LogP contribution in [0, 0.1) is 0 Å².